The number of rotatable bonds is 8. The molecule has 0 aliphatic heterocycles. The Morgan fingerprint density at radius 3 is 2.44 bits per heavy atom. The quantitative estimate of drug-likeness (QED) is 0.302. The zero-order valence-electron chi connectivity index (χ0n) is 19.3. The van der Waals surface area contributed by atoms with Crippen LogP contribution in [0.3, 0.4) is 0 Å². The number of ketones is 1. The lowest BCUT2D eigenvalue weighted by Crippen LogP contribution is -2.66. The van der Waals surface area contributed by atoms with E-state index in [1.54, 1.807) is 68.6 Å². The Morgan fingerprint density at radius 2 is 1.82 bits per heavy atom. The number of anilines is 1. The van der Waals surface area contributed by atoms with Crippen LogP contribution in [0.1, 0.15) is 35.3 Å². The van der Waals surface area contributed by atoms with Gasteiger partial charge in [0.2, 0.25) is 5.66 Å². The Kier molecular flexibility index (Phi) is 7.29. The van der Waals surface area contributed by atoms with E-state index in [9.17, 15) is 14.4 Å². The summed E-state index contributed by atoms with van der Waals surface area (Å²) in [5, 5.41) is 13.2. The van der Waals surface area contributed by atoms with Crippen molar-refractivity contribution in [2.45, 2.75) is 26.1 Å². The maximum Gasteiger partial charge on any atom is 0.355 e. The average Bonchev–Trinajstić information content (AvgIpc) is 2.85. The van der Waals surface area contributed by atoms with Crippen molar-refractivity contribution >= 4 is 34.1 Å². The van der Waals surface area contributed by atoms with Crippen LogP contribution in [0.5, 0.6) is 0 Å². The third-order valence-electron chi connectivity index (χ3n) is 5.68. The molecule has 3 aromatic carbocycles. The fourth-order valence-corrected chi connectivity index (χ4v) is 3.61. The summed E-state index contributed by atoms with van der Waals surface area (Å²) in [7, 11) is 1.55. The van der Waals surface area contributed by atoms with E-state index in [-0.39, 0.29) is 12.5 Å². The number of nitrogens with zero attached hydrogens (tertiary/aromatic N) is 2. The molecule has 8 heteroatoms. The number of carbonyl (C=O) groups excluding carboxylic acids is 3. The third-order valence-corrected chi connectivity index (χ3v) is 5.68. The summed E-state index contributed by atoms with van der Waals surface area (Å²) in [6, 6.07) is 19.6. The number of Topliss-reactive ketones (excluding diaryl/α,β-unsaturated/α-hetero) is 1. The Bertz CT molecular complexity index is 1280. The van der Waals surface area contributed by atoms with Crippen molar-refractivity contribution in [2.75, 3.05) is 18.6 Å². The number of hydrogen-bond donors (Lipinski definition) is 2. The number of ether oxygens (including phenoxy) is 1. The van der Waals surface area contributed by atoms with Gasteiger partial charge >= 0.3 is 5.97 Å². The Balaban J connectivity index is 1.87. The number of amides is 1. The summed E-state index contributed by atoms with van der Waals surface area (Å²) in [4.78, 5) is 39.0. The van der Waals surface area contributed by atoms with Gasteiger partial charge in [-0.3, -0.25) is 15.3 Å². The number of nitriles is 1. The minimum atomic E-state index is -1.97. The Morgan fingerprint density at radius 1 is 1.12 bits per heavy atom. The van der Waals surface area contributed by atoms with Crippen LogP contribution in [0.15, 0.2) is 60.7 Å². The second-order valence-electron chi connectivity index (χ2n) is 7.80. The van der Waals surface area contributed by atoms with Crippen LogP contribution in [0.2, 0.25) is 0 Å². The van der Waals surface area contributed by atoms with E-state index in [1.807, 2.05) is 6.07 Å². The van der Waals surface area contributed by atoms with Crippen molar-refractivity contribution in [3.63, 3.8) is 0 Å². The van der Waals surface area contributed by atoms with Crippen molar-refractivity contribution in [2.24, 2.45) is 5.73 Å². The van der Waals surface area contributed by atoms with Crippen molar-refractivity contribution in [1.82, 2.24) is 5.32 Å². The van der Waals surface area contributed by atoms with E-state index in [0.717, 1.165) is 10.9 Å². The highest BCUT2D eigenvalue weighted by atomic mass is 16.5. The molecule has 174 valence electrons. The second kappa shape index (κ2) is 10.1. The molecule has 0 saturated carbocycles. The summed E-state index contributed by atoms with van der Waals surface area (Å²) in [5.74, 6) is -1.63. The molecule has 0 aliphatic rings. The number of esters is 1. The first-order chi connectivity index (χ1) is 16.2. The monoisotopic (exact) mass is 458 g/mol. The van der Waals surface area contributed by atoms with Crippen molar-refractivity contribution in [1.29, 1.82) is 5.26 Å². The molecular formula is C26H26N4O4. The molecule has 3 aromatic rings. The van der Waals surface area contributed by atoms with Gasteiger partial charge in [-0.2, -0.15) is 5.26 Å². The van der Waals surface area contributed by atoms with Crippen molar-refractivity contribution < 1.29 is 19.1 Å². The first-order valence-electron chi connectivity index (χ1n) is 10.7. The number of likely N-dealkylation sites (N-methyl/N-ethyl adjacent to an activating group) is 1. The van der Waals surface area contributed by atoms with Gasteiger partial charge in [0.25, 0.3) is 5.91 Å². The van der Waals surface area contributed by atoms with E-state index >= 15 is 0 Å². The number of nitrogens with one attached hydrogen (secondary N) is 1. The molecule has 3 N–H and O–H groups in total. The zero-order valence-corrected chi connectivity index (χ0v) is 19.3. The van der Waals surface area contributed by atoms with E-state index in [1.165, 1.54) is 11.8 Å². The molecule has 3 rings (SSSR count). The fourth-order valence-electron chi connectivity index (χ4n) is 3.61. The van der Waals surface area contributed by atoms with Crippen LogP contribution in [-0.2, 0) is 20.9 Å². The van der Waals surface area contributed by atoms with Gasteiger partial charge in [-0.05, 0) is 60.5 Å². The maximum atomic E-state index is 12.9. The SMILES string of the molecule is CCOC(=O)C(N)(C(C)=O)N(C)c1ccc2c(C(=O)NCc3ccc(C#N)cc3)cccc2c1. The molecular weight excluding hydrogens is 432 g/mol. The molecule has 8 nitrogen and oxygen atoms in total. The molecule has 1 amide bonds. The van der Waals surface area contributed by atoms with Crippen LogP contribution >= 0.6 is 0 Å². The minimum Gasteiger partial charge on any atom is -0.463 e. The lowest BCUT2D eigenvalue weighted by atomic mass is 10.0. The van der Waals surface area contributed by atoms with E-state index in [2.05, 4.69) is 11.4 Å². The third kappa shape index (κ3) is 4.75. The molecule has 0 fully saturated rings. The van der Waals surface area contributed by atoms with Crippen LogP contribution in [-0.4, -0.2) is 37.0 Å². The highest BCUT2D eigenvalue weighted by Gasteiger charge is 2.45. The average molecular weight is 459 g/mol. The highest BCUT2D eigenvalue weighted by Crippen LogP contribution is 2.28. The number of benzene rings is 3. The van der Waals surface area contributed by atoms with Crippen LogP contribution in [0.4, 0.5) is 5.69 Å². The van der Waals surface area contributed by atoms with Crippen LogP contribution in [0, 0.1) is 11.3 Å². The summed E-state index contributed by atoms with van der Waals surface area (Å²) in [6.07, 6.45) is 0. The van der Waals surface area contributed by atoms with Gasteiger partial charge in [0.05, 0.1) is 18.2 Å². The van der Waals surface area contributed by atoms with Gasteiger partial charge in [0.1, 0.15) is 0 Å². The molecule has 1 unspecified atom stereocenters. The topological polar surface area (TPSA) is 126 Å². The smallest absolute Gasteiger partial charge is 0.355 e. The van der Waals surface area contributed by atoms with Gasteiger partial charge in [-0.15, -0.1) is 0 Å². The van der Waals surface area contributed by atoms with E-state index in [0.29, 0.717) is 28.7 Å². The standard InChI is InChI=1S/C26H26N4O4/c1-4-34-25(33)26(28,17(2)31)30(3)21-12-13-22-20(14-21)6-5-7-23(22)24(32)29-16-19-10-8-18(15-27)9-11-19/h5-14H,4,16,28H2,1-3H3,(H,29,32). The number of carbonyl (C=O) groups is 3. The molecule has 0 radical (unpaired) electrons. The van der Waals surface area contributed by atoms with Gasteiger partial charge in [0, 0.05) is 24.8 Å². The molecule has 0 spiro atoms. The highest BCUT2D eigenvalue weighted by molar-refractivity contribution is 6.11. The number of fused-ring (bicyclic) bond motifs is 1. The lowest BCUT2D eigenvalue weighted by molar-refractivity contribution is -0.152. The van der Waals surface area contributed by atoms with E-state index in [4.69, 9.17) is 15.7 Å². The molecule has 0 heterocycles. The zero-order chi connectivity index (χ0) is 24.9. The van der Waals surface area contributed by atoms with Crippen molar-refractivity contribution in [3.8, 4) is 6.07 Å². The first-order valence-corrected chi connectivity index (χ1v) is 10.7. The van der Waals surface area contributed by atoms with Crippen molar-refractivity contribution in [3.05, 3.63) is 77.4 Å². The Labute approximate surface area is 197 Å². The Hall–Kier alpha value is -4.22. The molecule has 0 aromatic heterocycles. The molecule has 0 saturated heterocycles. The maximum absolute atomic E-state index is 12.9. The second-order valence-corrected chi connectivity index (χ2v) is 7.80. The summed E-state index contributed by atoms with van der Waals surface area (Å²) in [5.41, 5.74) is 6.66. The molecule has 0 aliphatic carbocycles. The largest absolute Gasteiger partial charge is 0.463 e. The summed E-state index contributed by atoms with van der Waals surface area (Å²) in [6.45, 7) is 3.29. The number of hydrogen-bond acceptors (Lipinski definition) is 7. The molecule has 34 heavy (non-hydrogen) atoms. The lowest BCUT2D eigenvalue weighted by Gasteiger charge is -2.35. The number of nitrogens with two attached hydrogens (primary N) is 1. The predicted molar refractivity (Wildman–Crippen MR) is 129 cm³/mol. The van der Waals surface area contributed by atoms with Gasteiger partial charge in [-0.1, -0.05) is 30.3 Å². The van der Waals surface area contributed by atoms with Gasteiger partial charge in [0.15, 0.2) is 5.78 Å². The van der Waals surface area contributed by atoms with E-state index < -0.39 is 17.4 Å². The van der Waals surface area contributed by atoms with Gasteiger partial charge in [-0.25, -0.2) is 4.79 Å². The summed E-state index contributed by atoms with van der Waals surface area (Å²) >= 11 is 0. The normalized spacial score (nSPS) is 12.3. The fraction of sp³-hybridized carbons (Fsp3) is 0.231. The molecule has 0 bridgehead atoms. The first kappa shape index (κ1) is 24.4. The predicted octanol–water partition coefficient (Wildman–Crippen LogP) is 2.88. The molecule has 1 atom stereocenters. The van der Waals surface area contributed by atoms with Gasteiger partial charge < -0.3 is 15.0 Å². The summed E-state index contributed by atoms with van der Waals surface area (Å²) < 4.78 is 5.03. The minimum absolute atomic E-state index is 0.0948. The van der Waals surface area contributed by atoms with Crippen LogP contribution in [0.25, 0.3) is 10.8 Å². The van der Waals surface area contributed by atoms with Crippen LogP contribution < -0.4 is 16.0 Å².